The SMILES string of the molecule is CC(C)[Si](OCCC[C@@H]1C[C@H](O[Si](C(C)C)(C(C)C)C(C)C)[C@@H]2O[C@]3(C)CC[C@H](O)[C@@H](CCCOC(=O)C(C)(C)C)O[C@H]3C[C@H]2O1)(C(C)C)C(C)C. The van der Waals surface area contributed by atoms with Crippen molar-refractivity contribution in [2.24, 2.45) is 5.41 Å². The Hall–Kier alpha value is -0.336. The highest BCUT2D eigenvalue weighted by molar-refractivity contribution is 6.78. The Morgan fingerprint density at radius 1 is 0.788 bits per heavy atom. The molecule has 0 aromatic carbocycles. The highest BCUT2D eigenvalue weighted by Crippen LogP contribution is 2.49. The van der Waals surface area contributed by atoms with Crippen LogP contribution in [0.5, 0.6) is 0 Å². The molecule has 0 aromatic rings. The minimum atomic E-state index is -2.22. The molecule has 3 aliphatic heterocycles. The fourth-order valence-corrected chi connectivity index (χ4v) is 21.6. The van der Waals surface area contributed by atoms with E-state index in [4.69, 9.17) is 27.8 Å². The van der Waals surface area contributed by atoms with Crippen molar-refractivity contribution in [2.45, 2.75) is 244 Å². The molecular weight excluding hydrogens is 689 g/mol. The Morgan fingerprint density at radius 2 is 1.33 bits per heavy atom. The minimum absolute atomic E-state index is 0.0545. The first-order chi connectivity index (χ1) is 24.0. The van der Waals surface area contributed by atoms with E-state index < -0.39 is 33.8 Å². The zero-order valence-electron chi connectivity index (χ0n) is 36.4. The molecular formula is C42H82O8Si2. The molecule has 0 spiro atoms. The van der Waals surface area contributed by atoms with Gasteiger partial charge in [0.2, 0.25) is 8.32 Å². The molecule has 0 bridgehead atoms. The maximum absolute atomic E-state index is 12.3. The van der Waals surface area contributed by atoms with E-state index in [2.05, 4.69) is 90.0 Å². The molecule has 3 fully saturated rings. The number of aliphatic hydroxyl groups is 1. The number of rotatable bonds is 17. The molecule has 3 heterocycles. The van der Waals surface area contributed by atoms with Gasteiger partial charge in [-0.15, -0.1) is 0 Å². The Morgan fingerprint density at radius 3 is 1.85 bits per heavy atom. The zero-order chi connectivity index (χ0) is 39.4. The Labute approximate surface area is 321 Å². The summed E-state index contributed by atoms with van der Waals surface area (Å²) in [5.41, 5.74) is 1.99. The second-order valence-corrected chi connectivity index (χ2v) is 30.6. The molecule has 306 valence electrons. The summed E-state index contributed by atoms with van der Waals surface area (Å²) in [7, 11) is -4.16. The fraction of sp³-hybridized carbons (Fsp3) is 0.976. The Kier molecular flexibility index (Phi) is 16.6. The number of carbonyl (C=O) groups is 1. The van der Waals surface area contributed by atoms with Crippen LogP contribution >= 0.6 is 0 Å². The van der Waals surface area contributed by atoms with E-state index in [0.29, 0.717) is 72.0 Å². The van der Waals surface area contributed by atoms with Crippen LogP contribution in [0.4, 0.5) is 0 Å². The standard InChI is InChI=1S/C42H82O8Si2/c1-27(2)51(28(3)4,29(5)6)46-24-17-19-33-25-37(50-52(30(7)8,31(9)10)32(11)12)39-36(47-33)26-38-42(16,49-39)22-21-34(43)35(48-38)20-18-23-45-40(44)41(13,14)15/h27-39,43H,17-26H2,1-16H3/t33-,34+,35-,36-,37+,38+,39-,42-/m1/s1. The van der Waals surface area contributed by atoms with Gasteiger partial charge >= 0.3 is 5.97 Å². The van der Waals surface area contributed by atoms with Crippen molar-refractivity contribution >= 4 is 22.6 Å². The molecule has 52 heavy (non-hydrogen) atoms. The predicted octanol–water partition coefficient (Wildman–Crippen LogP) is 10.5. The molecule has 10 heteroatoms. The van der Waals surface area contributed by atoms with Gasteiger partial charge in [-0.2, -0.15) is 0 Å². The zero-order valence-corrected chi connectivity index (χ0v) is 38.4. The second-order valence-electron chi connectivity index (χ2n) is 19.7. The summed E-state index contributed by atoms with van der Waals surface area (Å²) in [6, 6.07) is 0. The van der Waals surface area contributed by atoms with Crippen molar-refractivity contribution in [3.8, 4) is 0 Å². The average Bonchev–Trinajstić information content (AvgIpc) is 3.14. The van der Waals surface area contributed by atoms with Crippen molar-refractivity contribution in [3.63, 3.8) is 0 Å². The minimum Gasteiger partial charge on any atom is -0.465 e. The number of esters is 1. The van der Waals surface area contributed by atoms with E-state index >= 15 is 0 Å². The van der Waals surface area contributed by atoms with Gasteiger partial charge in [-0.25, -0.2) is 0 Å². The number of hydrogen-bond acceptors (Lipinski definition) is 8. The van der Waals surface area contributed by atoms with E-state index in [1.807, 2.05) is 20.8 Å². The quantitative estimate of drug-likeness (QED) is 0.0888. The van der Waals surface area contributed by atoms with Crippen LogP contribution in [0.3, 0.4) is 0 Å². The van der Waals surface area contributed by atoms with Crippen LogP contribution in [0.2, 0.25) is 33.2 Å². The fourth-order valence-electron chi connectivity index (χ4n) is 10.5. The highest BCUT2D eigenvalue weighted by Gasteiger charge is 2.57. The van der Waals surface area contributed by atoms with Crippen LogP contribution in [-0.2, 0) is 32.6 Å². The van der Waals surface area contributed by atoms with E-state index in [0.717, 1.165) is 25.9 Å². The van der Waals surface area contributed by atoms with Crippen LogP contribution in [0.25, 0.3) is 0 Å². The second kappa shape index (κ2) is 18.7. The summed E-state index contributed by atoms with van der Waals surface area (Å²) in [5.74, 6) is -0.206. The van der Waals surface area contributed by atoms with E-state index in [1.165, 1.54) is 0 Å². The molecule has 0 unspecified atom stereocenters. The molecule has 0 aliphatic carbocycles. The van der Waals surface area contributed by atoms with Gasteiger partial charge in [0.25, 0.3) is 0 Å². The van der Waals surface area contributed by atoms with Gasteiger partial charge in [-0.05, 0) is 99.5 Å². The average molecular weight is 771 g/mol. The first-order valence-electron chi connectivity index (χ1n) is 21.2. The molecule has 8 nitrogen and oxygen atoms in total. The molecule has 1 N–H and O–H groups in total. The number of fused-ring (bicyclic) bond motifs is 2. The lowest BCUT2D eigenvalue weighted by molar-refractivity contribution is -0.290. The third kappa shape index (κ3) is 10.3. The van der Waals surface area contributed by atoms with Gasteiger partial charge in [0, 0.05) is 19.4 Å². The molecule has 0 radical (unpaired) electrons. The van der Waals surface area contributed by atoms with Crippen molar-refractivity contribution in [1.29, 1.82) is 0 Å². The maximum Gasteiger partial charge on any atom is 0.311 e. The summed E-state index contributed by atoms with van der Waals surface area (Å²) in [6.45, 7) is 37.1. The lowest BCUT2D eigenvalue weighted by Crippen LogP contribution is -2.65. The maximum atomic E-state index is 12.3. The third-order valence-electron chi connectivity index (χ3n) is 13.1. The summed E-state index contributed by atoms with van der Waals surface area (Å²) < 4.78 is 41.1. The van der Waals surface area contributed by atoms with Crippen LogP contribution in [0.15, 0.2) is 0 Å². The highest BCUT2D eigenvalue weighted by atomic mass is 28.4. The van der Waals surface area contributed by atoms with E-state index in [9.17, 15) is 9.90 Å². The Bertz CT molecular complexity index is 1060. The molecule has 3 aliphatic rings. The largest absolute Gasteiger partial charge is 0.465 e. The summed E-state index contributed by atoms with van der Waals surface area (Å²) in [6.07, 6.45) is 4.48. The summed E-state index contributed by atoms with van der Waals surface area (Å²) in [5, 5.41) is 11.3. The van der Waals surface area contributed by atoms with E-state index in [1.54, 1.807) is 0 Å². The number of hydrogen-bond donors (Lipinski definition) is 1. The molecule has 0 saturated carbocycles. The van der Waals surface area contributed by atoms with Crippen molar-refractivity contribution in [2.75, 3.05) is 13.2 Å². The molecule has 0 aromatic heterocycles. The van der Waals surface area contributed by atoms with Gasteiger partial charge < -0.3 is 32.9 Å². The van der Waals surface area contributed by atoms with Gasteiger partial charge in [0.05, 0.1) is 54.2 Å². The van der Waals surface area contributed by atoms with Crippen LogP contribution in [0.1, 0.15) is 162 Å². The topological polar surface area (TPSA) is 92.7 Å². The number of ether oxygens (including phenoxy) is 4. The van der Waals surface area contributed by atoms with Crippen molar-refractivity contribution in [3.05, 3.63) is 0 Å². The Balaban J connectivity index is 1.83. The van der Waals surface area contributed by atoms with Gasteiger partial charge in [-0.3, -0.25) is 4.79 Å². The number of carbonyl (C=O) groups excluding carboxylic acids is 1. The molecule has 3 saturated heterocycles. The normalized spacial score (nSPS) is 30.7. The predicted molar refractivity (Wildman–Crippen MR) is 217 cm³/mol. The lowest BCUT2D eigenvalue weighted by Gasteiger charge is -2.55. The van der Waals surface area contributed by atoms with Crippen molar-refractivity contribution in [1.82, 2.24) is 0 Å². The molecule has 3 rings (SSSR count). The molecule has 8 atom stereocenters. The van der Waals surface area contributed by atoms with Gasteiger partial charge in [0.1, 0.15) is 6.10 Å². The number of aliphatic hydroxyl groups excluding tert-OH is 1. The van der Waals surface area contributed by atoms with Gasteiger partial charge in [-0.1, -0.05) is 83.1 Å². The smallest absolute Gasteiger partial charge is 0.311 e. The van der Waals surface area contributed by atoms with Crippen LogP contribution < -0.4 is 0 Å². The van der Waals surface area contributed by atoms with E-state index in [-0.39, 0.29) is 42.6 Å². The summed E-state index contributed by atoms with van der Waals surface area (Å²) >= 11 is 0. The van der Waals surface area contributed by atoms with Gasteiger partial charge in [0.15, 0.2) is 8.32 Å². The monoisotopic (exact) mass is 771 g/mol. The van der Waals surface area contributed by atoms with Crippen LogP contribution in [0, 0.1) is 5.41 Å². The molecule has 0 amide bonds. The summed E-state index contributed by atoms with van der Waals surface area (Å²) in [4.78, 5) is 12.3. The first kappa shape index (κ1) is 46.0. The first-order valence-corrected chi connectivity index (χ1v) is 25.5. The third-order valence-corrected chi connectivity index (χ3v) is 25.3. The van der Waals surface area contributed by atoms with Crippen molar-refractivity contribution < 1.29 is 37.7 Å². The lowest BCUT2D eigenvalue weighted by atomic mass is 9.81. The van der Waals surface area contributed by atoms with Crippen LogP contribution in [-0.4, -0.2) is 89.3 Å².